The fourth-order valence-electron chi connectivity index (χ4n) is 2.76. The number of aliphatic imine (C=N–C) groups is 1. The van der Waals surface area contributed by atoms with Crippen molar-refractivity contribution in [2.75, 3.05) is 32.8 Å². The topological polar surface area (TPSA) is 91.8 Å². The van der Waals surface area contributed by atoms with Crippen LogP contribution in [0.3, 0.4) is 0 Å². The van der Waals surface area contributed by atoms with Crippen LogP contribution in [0.4, 0.5) is 0 Å². The van der Waals surface area contributed by atoms with Crippen LogP contribution in [0.5, 0.6) is 0 Å². The van der Waals surface area contributed by atoms with E-state index in [0.29, 0.717) is 23.9 Å². The molecule has 1 aliphatic rings. The SMILES string of the molecule is CCNC(=NCC1CCCO1)NCCNS(=O)(=O)c1cc(C)ccc1C. The number of nitrogens with zero attached hydrogens (tertiary/aromatic N) is 1. The third-order valence-electron chi connectivity index (χ3n) is 4.16. The van der Waals surface area contributed by atoms with Gasteiger partial charge in [0.05, 0.1) is 17.5 Å². The minimum absolute atomic E-state index is 0.188. The average Bonchev–Trinajstić information content (AvgIpc) is 3.12. The Kier molecular flexibility index (Phi) is 7.86. The van der Waals surface area contributed by atoms with Crippen LogP contribution < -0.4 is 15.4 Å². The van der Waals surface area contributed by atoms with Crippen molar-refractivity contribution < 1.29 is 13.2 Å². The number of sulfonamides is 1. The number of hydrogen-bond acceptors (Lipinski definition) is 4. The van der Waals surface area contributed by atoms with E-state index in [1.54, 1.807) is 13.0 Å². The first-order valence-corrected chi connectivity index (χ1v) is 10.6. The molecule has 0 radical (unpaired) electrons. The van der Waals surface area contributed by atoms with Gasteiger partial charge in [0, 0.05) is 26.2 Å². The molecule has 1 aromatic carbocycles. The van der Waals surface area contributed by atoms with Crippen molar-refractivity contribution in [2.45, 2.75) is 44.6 Å². The summed E-state index contributed by atoms with van der Waals surface area (Å²) in [7, 11) is -3.52. The minimum atomic E-state index is -3.52. The maximum Gasteiger partial charge on any atom is 0.240 e. The van der Waals surface area contributed by atoms with Crippen LogP contribution >= 0.6 is 0 Å². The molecular weight excluding hydrogens is 352 g/mol. The molecule has 0 amide bonds. The van der Waals surface area contributed by atoms with Crippen molar-refractivity contribution >= 4 is 16.0 Å². The lowest BCUT2D eigenvalue weighted by molar-refractivity contribution is 0.117. The molecular formula is C18H30N4O3S. The Bertz CT molecular complexity index is 713. The maximum atomic E-state index is 12.5. The predicted molar refractivity (Wildman–Crippen MR) is 104 cm³/mol. The molecule has 3 N–H and O–H groups in total. The number of guanidine groups is 1. The molecule has 0 aliphatic carbocycles. The van der Waals surface area contributed by atoms with E-state index in [0.717, 1.165) is 37.1 Å². The number of rotatable bonds is 8. The van der Waals surface area contributed by atoms with Crippen molar-refractivity contribution in [3.05, 3.63) is 29.3 Å². The molecule has 1 heterocycles. The first-order valence-electron chi connectivity index (χ1n) is 9.13. The smallest absolute Gasteiger partial charge is 0.240 e. The zero-order chi connectivity index (χ0) is 19.0. The summed E-state index contributed by atoms with van der Waals surface area (Å²) in [6.07, 6.45) is 2.32. The van der Waals surface area contributed by atoms with Crippen LogP contribution in [-0.4, -0.2) is 53.3 Å². The Morgan fingerprint density at radius 3 is 2.77 bits per heavy atom. The highest BCUT2D eigenvalue weighted by Gasteiger charge is 2.17. The van der Waals surface area contributed by atoms with Crippen LogP contribution in [-0.2, 0) is 14.8 Å². The van der Waals surface area contributed by atoms with Crippen LogP contribution in [0, 0.1) is 13.8 Å². The highest BCUT2D eigenvalue weighted by molar-refractivity contribution is 7.89. The summed E-state index contributed by atoms with van der Waals surface area (Å²) in [4.78, 5) is 4.84. The van der Waals surface area contributed by atoms with Gasteiger partial charge in [0.25, 0.3) is 0 Å². The van der Waals surface area contributed by atoms with Crippen LogP contribution in [0.1, 0.15) is 30.9 Å². The van der Waals surface area contributed by atoms with Gasteiger partial charge in [-0.05, 0) is 50.8 Å². The second-order valence-corrected chi connectivity index (χ2v) is 8.18. The van der Waals surface area contributed by atoms with Gasteiger partial charge in [-0.3, -0.25) is 4.99 Å². The van der Waals surface area contributed by atoms with Gasteiger partial charge in [0.1, 0.15) is 0 Å². The monoisotopic (exact) mass is 382 g/mol. The highest BCUT2D eigenvalue weighted by Crippen LogP contribution is 2.16. The second-order valence-electron chi connectivity index (χ2n) is 6.45. The number of nitrogens with one attached hydrogen (secondary N) is 3. The van der Waals surface area contributed by atoms with E-state index in [9.17, 15) is 8.42 Å². The lowest BCUT2D eigenvalue weighted by Gasteiger charge is -2.14. The predicted octanol–water partition coefficient (Wildman–Crippen LogP) is 1.32. The van der Waals surface area contributed by atoms with Gasteiger partial charge in [0.2, 0.25) is 10.0 Å². The Morgan fingerprint density at radius 2 is 2.08 bits per heavy atom. The van der Waals surface area contributed by atoms with Crippen molar-refractivity contribution in [2.24, 2.45) is 4.99 Å². The second kappa shape index (κ2) is 9.89. The molecule has 26 heavy (non-hydrogen) atoms. The molecule has 1 atom stereocenters. The molecule has 1 aliphatic heterocycles. The van der Waals surface area contributed by atoms with Crippen LogP contribution in [0.25, 0.3) is 0 Å². The largest absolute Gasteiger partial charge is 0.376 e. The zero-order valence-electron chi connectivity index (χ0n) is 15.8. The van der Waals surface area contributed by atoms with E-state index in [1.165, 1.54) is 0 Å². The first-order chi connectivity index (χ1) is 12.4. The van der Waals surface area contributed by atoms with Gasteiger partial charge in [-0.15, -0.1) is 0 Å². The van der Waals surface area contributed by atoms with Crippen LogP contribution in [0.15, 0.2) is 28.1 Å². The zero-order valence-corrected chi connectivity index (χ0v) is 16.7. The number of benzene rings is 1. The minimum Gasteiger partial charge on any atom is -0.376 e. The molecule has 0 spiro atoms. The summed E-state index contributed by atoms with van der Waals surface area (Å²) < 4.78 is 33.2. The molecule has 8 heteroatoms. The third kappa shape index (κ3) is 6.26. The van der Waals surface area contributed by atoms with E-state index in [4.69, 9.17) is 4.74 Å². The molecule has 2 rings (SSSR count). The normalized spacial score (nSPS) is 18.1. The van der Waals surface area contributed by atoms with Crippen molar-refractivity contribution in [1.82, 2.24) is 15.4 Å². The summed E-state index contributed by atoms with van der Waals surface area (Å²) in [5.41, 5.74) is 1.66. The summed E-state index contributed by atoms with van der Waals surface area (Å²) in [6.45, 7) is 8.56. The molecule has 0 bridgehead atoms. The molecule has 0 saturated carbocycles. The molecule has 1 fully saturated rings. The Balaban J connectivity index is 1.84. The van der Waals surface area contributed by atoms with E-state index < -0.39 is 10.0 Å². The fourth-order valence-corrected chi connectivity index (χ4v) is 4.12. The van der Waals surface area contributed by atoms with Crippen molar-refractivity contribution in [3.63, 3.8) is 0 Å². The molecule has 1 unspecified atom stereocenters. The van der Waals surface area contributed by atoms with Crippen LogP contribution in [0.2, 0.25) is 0 Å². The number of aryl methyl sites for hydroxylation is 2. The maximum absolute atomic E-state index is 12.5. The standard InChI is InChI=1S/C18H30N4O3S/c1-4-19-18(21-13-16-6-5-11-25-16)20-9-10-22-26(23,24)17-12-14(2)7-8-15(17)3/h7-8,12,16,22H,4-6,9-11,13H2,1-3H3,(H2,19,20,21). The third-order valence-corrected chi connectivity index (χ3v) is 5.77. The molecule has 7 nitrogen and oxygen atoms in total. The Morgan fingerprint density at radius 1 is 1.27 bits per heavy atom. The number of hydrogen-bond donors (Lipinski definition) is 3. The fraction of sp³-hybridized carbons (Fsp3) is 0.611. The van der Waals surface area contributed by atoms with Crippen molar-refractivity contribution in [3.8, 4) is 0 Å². The van der Waals surface area contributed by atoms with E-state index in [2.05, 4.69) is 20.3 Å². The summed E-state index contributed by atoms with van der Waals surface area (Å²) >= 11 is 0. The van der Waals surface area contributed by atoms with Crippen molar-refractivity contribution in [1.29, 1.82) is 0 Å². The van der Waals surface area contributed by atoms with Gasteiger partial charge >= 0.3 is 0 Å². The van der Waals surface area contributed by atoms with Gasteiger partial charge in [-0.25, -0.2) is 13.1 Å². The lowest BCUT2D eigenvalue weighted by atomic mass is 10.2. The quantitative estimate of drug-likeness (QED) is 0.358. The summed E-state index contributed by atoms with van der Waals surface area (Å²) in [5, 5.41) is 6.31. The molecule has 1 aromatic rings. The first kappa shape index (κ1) is 20.7. The summed E-state index contributed by atoms with van der Waals surface area (Å²) in [6, 6.07) is 5.42. The molecule has 146 valence electrons. The Hall–Kier alpha value is -1.64. The highest BCUT2D eigenvalue weighted by atomic mass is 32.2. The molecule has 1 saturated heterocycles. The average molecular weight is 383 g/mol. The van der Waals surface area contributed by atoms with E-state index in [-0.39, 0.29) is 12.6 Å². The van der Waals surface area contributed by atoms with Gasteiger partial charge in [-0.1, -0.05) is 12.1 Å². The van der Waals surface area contributed by atoms with Gasteiger partial charge in [-0.2, -0.15) is 0 Å². The van der Waals surface area contributed by atoms with Gasteiger partial charge < -0.3 is 15.4 Å². The van der Waals surface area contributed by atoms with Gasteiger partial charge in [0.15, 0.2) is 5.96 Å². The lowest BCUT2D eigenvalue weighted by Crippen LogP contribution is -2.42. The molecule has 0 aromatic heterocycles. The number of ether oxygens (including phenoxy) is 1. The summed E-state index contributed by atoms with van der Waals surface area (Å²) in [5.74, 6) is 0.675. The van der Waals surface area contributed by atoms with E-state index in [1.807, 2.05) is 26.0 Å². The van der Waals surface area contributed by atoms with E-state index >= 15 is 0 Å². The Labute approximate surface area is 156 Å².